The number of nitrogens with two attached hydrogens (primary N) is 1. The molecule has 2 nitrogen and oxygen atoms in total. The first-order chi connectivity index (χ1) is 3.12. The predicted octanol–water partition coefficient (Wildman–Crippen LogP) is 0.434. The lowest BCUT2D eigenvalue weighted by atomic mass is 10.6. The third kappa shape index (κ3) is 4.17. The Morgan fingerprint density at radius 3 is 1.88 bits per heavy atom. The number of alkyl halides is 3. The topological polar surface area (TPSA) is 38.0 Å². The molecule has 0 bridgehead atoms. The molecule has 0 aliphatic carbocycles. The number of nitrogens with one attached hydrogen (secondary N) is 1. The van der Waals surface area contributed by atoms with Crippen LogP contribution in [0.4, 0.5) is 13.2 Å². The SMILES string of the molecule is Cl.NNC(F)(F)CF. The van der Waals surface area contributed by atoms with E-state index in [0.717, 1.165) is 5.43 Å². The fourth-order valence-electron chi connectivity index (χ4n) is 0.0386. The van der Waals surface area contributed by atoms with Gasteiger partial charge in [0.05, 0.1) is 0 Å². The number of halogens is 4. The summed E-state index contributed by atoms with van der Waals surface area (Å²) in [5.41, 5.74) is 0.983. The summed E-state index contributed by atoms with van der Waals surface area (Å²) in [7, 11) is 0. The first-order valence-corrected chi connectivity index (χ1v) is 1.54. The Hall–Kier alpha value is -0.0000000000000000555. The third-order valence-electron chi connectivity index (χ3n) is 0.379. The normalized spacial score (nSPS) is 10.5. The lowest BCUT2D eigenvalue weighted by molar-refractivity contribution is -0.0548. The molecule has 0 atom stereocenters. The van der Waals surface area contributed by atoms with Crippen molar-refractivity contribution in [1.29, 1.82) is 0 Å². The van der Waals surface area contributed by atoms with Crippen molar-refractivity contribution in [3.63, 3.8) is 0 Å². The summed E-state index contributed by atoms with van der Waals surface area (Å²) in [6.07, 6.45) is 0. The van der Waals surface area contributed by atoms with E-state index in [1.165, 1.54) is 0 Å². The minimum atomic E-state index is -3.56. The van der Waals surface area contributed by atoms with E-state index in [-0.39, 0.29) is 12.4 Å². The van der Waals surface area contributed by atoms with E-state index in [1.807, 2.05) is 0 Å². The van der Waals surface area contributed by atoms with Gasteiger partial charge in [-0.1, -0.05) is 0 Å². The van der Waals surface area contributed by atoms with Crippen LogP contribution in [0.25, 0.3) is 0 Å². The maximum atomic E-state index is 11.3. The molecule has 3 N–H and O–H groups in total. The Morgan fingerprint density at radius 2 is 1.88 bits per heavy atom. The lowest BCUT2D eigenvalue weighted by Gasteiger charge is -2.07. The van der Waals surface area contributed by atoms with Gasteiger partial charge in [0.25, 0.3) is 0 Å². The van der Waals surface area contributed by atoms with Crippen LogP contribution in [0, 0.1) is 0 Å². The monoisotopic (exact) mass is 150 g/mol. The molecule has 0 aromatic heterocycles. The summed E-state index contributed by atoms with van der Waals surface area (Å²) >= 11 is 0. The zero-order valence-electron chi connectivity index (χ0n) is 3.83. The number of rotatable bonds is 2. The van der Waals surface area contributed by atoms with Gasteiger partial charge in [-0.3, -0.25) is 5.84 Å². The van der Waals surface area contributed by atoms with Crippen molar-refractivity contribution in [2.45, 2.75) is 6.05 Å². The van der Waals surface area contributed by atoms with E-state index in [0.29, 0.717) is 0 Å². The summed E-state index contributed by atoms with van der Waals surface area (Å²) in [6, 6.07) is -3.56. The van der Waals surface area contributed by atoms with E-state index in [1.54, 1.807) is 0 Å². The minimum absolute atomic E-state index is 0. The van der Waals surface area contributed by atoms with E-state index >= 15 is 0 Å². The van der Waals surface area contributed by atoms with E-state index < -0.39 is 12.7 Å². The van der Waals surface area contributed by atoms with Gasteiger partial charge < -0.3 is 0 Å². The third-order valence-corrected chi connectivity index (χ3v) is 0.379. The quantitative estimate of drug-likeness (QED) is 0.341. The molecule has 0 aliphatic heterocycles. The summed E-state index contributed by atoms with van der Waals surface area (Å²) in [5.74, 6) is 4.18. The van der Waals surface area contributed by atoms with Crippen molar-refractivity contribution >= 4 is 12.4 Å². The molecule has 0 aromatic rings. The minimum Gasteiger partial charge on any atom is -0.267 e. The summed E-state index contributed by atoms with van der Waals surface area (Å²) in [6.45, 7) is -1.77. The van der Waals surface area contributed by atoms with Crippen LogP contribution in [-0.2, 0) is 0 Å². The standard InChI is InChI=1S/C2H5F3N2.ClH/c3-1-2(4,5)7-6;/h7H,1,6H2;1H. The van der Waals surface area contributed by atoms with Crippen molar-refractivity contribution in [2.24, 2.45) is 5.84 Å². The molecule has 8 heavy (non-hydrogen) atoms. The zero-order chi connectivity index (χ0) is 5.91. The van der Waals surface area contributed by atoms with Crippen molar-refractivity contribution in [3.05, 3.63) is 0 Å². The molecule has 0 saturated carbocycles. The van der Waals surface area contributed by atoms with Crippen LogP contribution >= 0.6 is 12.4 Å². The van der Waals surface area contributed by atoms with Crippen molar-refractivity contribution in [1.82, 2.24) is 5.43 Å². The molecule has 0 saturated heterocycles. The highest BCUT2D eigenvalue weighted by Gasteiger charge is 2.25. The first-order valence-electron chi connectivity index (χ1n) is 1.54. The molecule has 0 heterocycles. The van der Waals surface area contributed by atoms with E-state index in [9.17, 15) is 13.2 Å². The van der Waals surface area contributed by atoms with Crippen molar-refractivity contribution in [3.8, 4) is 0 Å². The van der Waals surface area contributed by atoms with Crippen LogP contribution in [0.1, 0.15) is 0 Å². The molecule has 52 valence electrons. The summed E-state index contributed by atoms with van der Waals surface area (Å²) < 4.78 is 33.4. The second kappa shape index (κ2) is 3.94. The van der Waals surface area contributed by atoms with Crippen molar-refractivity contribution in [2.75, 3.05) is 6.67 Å². The summed E-state index contributed by atoms with van der Waals surface area (Å²) in [4.78, 5) is 0. The van der Waals surface area contributed by atoms with E-state index in [2.05, 4.69) is 5.84 Å². The Bertz CT molecular complexity index is 53.2. The maximum Gasteiger partial charge on any atom is 0.342 e. The number of hydrogen-bond donors (Lipinski definition) is 2. The van der Waals surface area contributed by atoms with Crippen LogP contribution < -0.4 is 11.3 Å². The van der Waals surface area contributed by atoms with Gasteiger partial charge in [-0.15, -0.1) is 12.4 Å². The Balaban J connectivity index is 0. The van der Waals surface area contributed by atoms with Crippen LogP contribution in [-0.4, -0.2) is 12.7 Å². The molecule has 0 aliphatic rings. The van der Waals surface area contributed by atoms with Gasteiger partial charge in [-0.2, -0.15) is 14.2 Å². The van der Waals surface area contributed by atoms with Gasteiger partial charge >= 0.3 is 6.05 Å². The molecular formula is C2H6ClF3N2. The van der Waals surface area contributed by atoms with Gasteiger partial charge in [0.2, 0.25) is 0 Å². The fraction of sp³-hybridized carbons (Fsp3) is 1.00. The molecule has 6 heteroatoms. The molecular weight excluding hydrogens is 144 g/mol. The van der Waals surface area contributed by atoms with E-state index in [4.69, 9.17) is 0 Å². The Morgan fingerprint density at radius 1 is 1.50 bits per heavy atom. The second-order valence-electron chi connectivity index (χ2n) is 0.982. The van der Waals surface area contributed by atoms with Gasteiger partial charge in [-0.25, -0.2) is 4.39 Å². The average molecular weight is 151 g/mol. The molecule has 0 spiro atoms. The smallest absolute Gasteiger partial charge is 0.267 e. The molecule has 0 amide bonds. The van der Waals surface area contributed by atoms with Gasteiger partial charge in [0.15, 0.2) is 6.67 Å². The molecule has 0 rings (SSSR count). The van der Waals surface area contributed by atoms with Gasteiger partial charge in [0.1, 0.15) is 0 Å². The van der Waals surface area contributed by atoms with Crippen LogP contribution in [0.3, 0.4) is 0 Å². The largest absolute Gasteiger partial charge is 0.342 e. The zero-order valence-corrected chi connectivity index (χ0v) is 4.64. The highest BCUT2D eigenvalue weighted by atomic mass is 35.5. The van der Waals surface area contributed by atoms with Crippen LogP contribution in [0.15, 0.2) is 0 Å². The highest BCUT2D eigenvalue weighted by molar-refractivity contribution is 5.85. The average Bonchev–Trinajstić information content (AvgIpc) is 1.68. The number of hydrogen-bond acceptors (Lipinski definition) is 2. The van der Waals surface area contributed by atoms with Gasteiger partial charge in [-0.05, 0) is 0 Å². The van der Waals surface area contributed by atoms with Gasteiger partial charge in [0, 0.05) is 0 Å². The Labute approximate surface area is 50.6 Å². The molecule has 0 aromatic carbocycles. The lowest BCUT2D eigenvalue weighted by Crippen LogP contribution is -2.43. The maximum absolute atomic E-state index is 11.3. The van der Waals surface area contributed by atoms with Crippen LogP contribution in [0.2, 0.25) is 0 Å². The molecule has 0 unspecified atom stereocenters. The highest BCUT2D eigenvalue weighted by Crippen LogP contribution is 2.05. The van der Waals surface area contributed by atoms with Crippen LogP contribution in [0.5, 0.6) is 0 Å². The summed E-state index contributed by atoms with van der Waals surface area (Å²) in [5, 5.41) is 0. The number of hydrazine groups is 1. The fourth-order valence-corrected chi connectivity index (χ4v) is 0.0386. The first kappa shape index (κ1) is 10.9. The van der Waals surface area contributed by atoms with Crippen molar-refractivity contribution < 1.29 is 13.2 Å². The molecule has 0 fully saturated rings. The Kier molecular flexibility index (Phi) is 5.36. The molecule has 0 radical (unpaired) electrons. The second-order valence-corrected chi connectivity index (χ2v) is 0.982. The predicted molar refractivity (Wildman–Crippen MR) is 25.5 cm³/mol.